The Hall–Kier alpha value is -1.41. The van der Waals surface area contributed by atoms with Gasteiger partial charge in [0.15, 0.2) is 0 Å². The molecule has 0 aliphatic rings. The molecule has 0 aromatic carbocycles. The van der Waals surface area contributed by atoms with E-state index < -0.39 is 0 Å². The van der Waals surface area contributed by atoms with Crippen molar-refractivity contribution in [3.05, 3.63) is 0 Å². The summed E-state index contributed by atoms with van der Waals surface area (Å²) in [4.78, 5) is 11.1. The number of unbranched alkanes of at least 4 members (excludes halogenated alkanes) is 2. The molecule has 0 rings (SSSR count). The predicted molar refractivity (Wildman–Crippen MR) is 53.7 cm³/mol. The van der Waals surface area contributed by atoms with E-state index in [9.17, 15) is 4.79 Å². The van der Waals surface area contributed by atoms with E-state index in [-0.39, 0.29) is 11.9 Å². The minimum atomic E-state index is -0.180. The van der Waals surface area contributed by atoms with Gasteiger partial charge in [0.05, 0.1) is 6.04 Å². The van der Waals surface area contributed by atoms with Gasteiger partial charge >= 0.3 is 0 Å². The Kier molecular flexibility index (Phi) is 6.46. The van der Waals surface area contributed by atoms with Crippen LogP contribution in [0.1, 0.15) is 32.6 Å². The van der Waals surface area contributed by atoms with Crippen LogP contribution >= 0.6 is 0 Å². The molecule has 1 amide bonds. The topological polar surface area (TPSA) is 29.1 Å². The average molecular weight is 177 g/mol. The highest BCUT2D eigenvalue weighted by atomic mass is 16.1. The largest absolute Gasteiger partial charge is 0.343 e. The lowest BCUT2D eigenvalue weighted by molar-refractivity contribution is -0.121. The molecule has 0 aromatic rings. The fourth-order valence-corrected chi connectivity index (χ4v) is 0.868. The lowest BCUT2D eigenvalue weighted by Gasteiger charge is -2.06. The van der Waals surface area contributed by atoms with E-state index in [1.54, 1.807) is 6.92 Å². The molecule has 0 aromatic heterocycles. The fraction of sp³-hybridized carbons (Fsp3) is 0.545. The Bertz CT molecular complexity index is 231. The molecule has 70 valence electrons. The van der Waals surface area contributed by atoms with Gasteiger partial charge in [0, 0.05) is 12.8 Å². The summed E-state index contributed by atoms with van der Waals surface area (Å²) in [6, 6.07) is -0.180. The molecular formula is C11H15NO. The van der Waals surface area contributed by atoms with Gasteiger partial charge in [-0.3, -0.25) is 4.79 Å². The van der Waals surface area contributed by atoms with Crippen molar-refractivity contribution in [2.24, 2.45) is 0 Å². The Balaban J connectivity index is 3.43. The molecule has 0 spiro atoms. The van der Waals surface area contributed by atoms with Gasteiger partial charge in [-0.05, 0) is 19.8 Å². The zero-order valence-electron chi connectivity index (χ0n) is 7.97. The Labute approximate surface area is 80.1 Å². The lowest BCUT2D eigenvalue weighted by Crippen LogP contribution is -2.30. The quantitative estimate of drug-likeness (QED) is 0.498. The van der Waals surface area contributed by atoms with Gasteiger partial charge in [0.2, 0.25) is 5.91 Å². The number of hydrogen-bond acceptors (Lipinski definition) is 1. The van der Waals surface area contributed by atoms with Crippen LogP contribution in [0.25, 0.3) is 0 Å². The summed E-state index contributed by atoms with van der Waals surface area (Å²) in [5.41, 5.74) is 0. The standard InChI is InChI=1S/C11H15NO/c1-4-6-7-8-9-11(13)12-10(3)5-2/h1-2,10H,6-9H2,3H3,(H,12,13). The first-order chi connectivity index (χ1) is 6.20. The van der Waals surface area contributed by atoms with Crippen molar-refractivity contribution in [2.75, 3.05) is 0 Å². The van der Waals surface area contributed by atoms with E-state index in [2.05, 4.69) is 17.2 Å². The van der Waals surface area contributed by atoms with E-state index >= 15 is 0 Å². The first-order valence-electron chi connectivity index (χ1n) is 4.39. The molecule has 13 heavy (non-hydrogen) atoms. The molecule has 0 saturated carbocycles. The number of rotatable bonds is 5. The number of carbonyl (C=O) groups excluding carboxylic acids is 1. The van der Waals surface area contributed by atoms with Gasteiger partial charge in [-0.2, -0.15) is 0 Å². The molecule has 2 heteroatoms. The summed E-state index contributed by atoms with van der Waals surface area (Å²) in [6.07, 6.45) is 13.1. The highest BCUT2D eigenvalue weighted by molar-refractivity contribution is 5.76. The minimum Gasteiger partial charge on any atom is -0.343 e. The van der Waals surface area contributed by atoms with Gasteiger partial charge in [-0.15, -0.1) is 18.8 Å². The normalized spacial score (nSPS) is 11.0. The summed E-state index contributed by atoms with van der Waals surface area (Å²) >= 11 is 0. The summed E-state index contributed by atoms with van der Waals surface area (Å²) < 4.78 is 0. The van der Waals surface area contributed by atoms with Gasteiger partial charge in [0.1, 0.15) is 0 Å². The summed E-state index contributed by atoms with van der Waals surface area (Å²) in [6.45, 7) is 1.78. The zero-order chi connectivity index (χ0) is 10.1. The van der Waals surface area contributed by atoms with Crippen LogP contribution in [0, 0.1) is 24.7 Å². The van der Waals surface area contributed by atoms with Gasteiger partial charge in [-0.1, -0.05) is 5.92 Å². The van der Waals surface area contributed by atoms with E-state index in [1.165, 1.54) is 0 Å². The molecule has 2 nitrogen and oxygen atoms in total. The molecule has 1 N–H and O–H groups in total. The van der Waals surface area contributed by atoms with Crippen LogP contribution in [-0.4, -0.2) is 11.9 Å². The lowest BCUT2D eigenvalue weighted by atomic mass is 10.2. The number of hydrogen-bond donors (Lipinski definition) is 1. The van der Waals surface area contributed by atoms with Crippen LogP contribution in [0.2, 0.25) is 0 Å². The van der Waals surface area contributed by atoms with Crippen LogP contribution in [0.15, 0.2) is 0 Å². The SMILES string of the molecule is C#CCCCCC(=O)NC(C)C#C. The van der Waals surface area contributed by atoms with Crippen LogP contribution in [0.5, 0.6) is 0 Å². The Morgan fingerprint density at radius 1 is 1.46 bits per heavy atom. The van der Waals surface area contributed by atoms with Crippen molar-refractivity contribution in [3.8, 4) is 24.7 Å². The summed E-state index contributed by atoms with van der Waals surface area (Å²) in [5.74, 6) is 4.96. The van der Waals surface area contributed by atoms with Crippen LogP contribution < -0.4 is 5.32 Å². The molecule has 0 saturated heterocycles. The highest BCUT2D eigenvalue weighted by Crippen LogP contribution is 1.98. The van der Waals surface area contributed by atoms with E-state index in [0.29, 0.717) is 6.42 Å². The maximum atomic E-state index is 11.1. The molecule has 0 bridgehead atoms. The van der Waals surface area contributed by atoms with Gasteiger partial charge in [-0.25, -0.2) is 0 Å². The monoisotopic (exact) mass is 177 g/mol. The second-order valence-electron chi connectivity index (χ2n) is 2.87. The Morgan fingerprint density at radius 3 is 2.69 bits per heavy atom. The third kappa shape index (κ3) is 6.97. The van der Waals surface area contributed by atoms with Crippen molar-refractivity contribution in [3.63, 3.8) is 0 Å². The second-order valence-corrected chi connectivity index (χ2v) is 2.87. The number of nitrogens with one attached hydrogen (secondary N) is 1. The third-order valence-corrected chi connectivity index (χ3v) is 1.60. The van der Waals surface area contributed by atoms with Crippen LogP contribution in [0.3, 0.4) is 0 Å². The van der Waals surface area contributed by atoms with Gasteiger partial charge in [0.25, 0.3) is 0 Å². The van der Waals surface area contributed by atoms with Crippen molar-refractivity contribution in [2.45, 2.75) is 38.6 Å². The van der Waals surface area contributed by atoms with Crippen LogP contribution in [0.4, 0.5) is 0 Å². The molecule has 0 aliphatic carbocycles. The maximum Gasteiger partial charge on any atom is 0.220 e. The third-order valence-electron chi connectivity index (χ3n) is 1.60. The molecule has 0 aliphatic heterocycles. The van der Waals surface area contributed by atoms with Crippen molar-refractivity contribution in [1.29, 1.82) is 0 Å². The Morgan fingerprint density at radius 2 is 2.15 bits per heavy atom. The fourth-order valence-electron chi connectivity index (χ4n) is 0.868. The average Bonchev–Trinajstić information content (AvgIpc) is 2.12. The van der Waals surface area contributed by atoms with Crippen molar-refractivity contribution < 1.29 is 4.79 Å². The van der Waals surface area contributed by atoms with Crippen LogP contribution in [-0.2, 0) is 4.79 Å². The summed E-state index contributed by atoms with van der Waals surface area (Å²) in [5, 5.41) is 2.68. The zero-order valence-corrected chi connectivity index (χ0v) is 7.97. The predicted octanol–water partition coefficient (Wildman–Crippen LogP) is 1.32. The van der Waals surface area contributed by atoms with Crippen molar-refractivity contribution in [1.82, 2.24) is 5.32 Å². The van der Waals surface area contributed by atoms with E-state index in [1.807, 2.05) is 0 Å². The van der Waals surface area contributed by atoms with E-state index in [4.69, 9.17) is 12.8 Å². The van der Waals surface area contributed by atoms with E-state index in [0.717, 1.165) is 19.3 Å². The number of terminal acetylenes is 2. The molecule has 1 atom stereocenters. The second kappa shape index (κ2) is 7.25. The smallest absolute Gasteiger partial charge is 0.220 e. The molecule has 0 fully saturated rings. The number of carbonyl (C=O) groups is 1. The molecule has 0 heterocycles. The first kappa shape index (κ1) is 11.6. The highest BCUT2D eigenvalue weighted by Gasteiger charge is 2.02. The van der Waals surface area contributed by atoms with Gasteiger partial charge < -0.3 is 5.32 Å². The first-order valence-corrected chi connectivity index (χ1v) is 4.39. The number of amides is 1. The molecule has 0 radical (unpaired) electrons. The minimum absolute atomic E-state index is 0.00229. The molecule has 1 unspecified atom stereocenters. The molecular weight excluding hydrogens is 162 g/mol. The van der Waals surface area contributed by atoms with Crippen molar-refractivity contribution >= 4 is 5.91 Å². The summed E-state index contributed by atoms with van der Waals surface area (Å²) in [7, 11) is 0. The maximum absolute atomic E-state index is 11.1.